The number of hydrogen-bond donors (Lipinski definition) is 0. The first-order valence-corrected chi connectivity index (χ1v) is 9.80. The van der Waals surface area contributed by atoms with E-state index in [0.29, 0.717) is 62.3 Å². The van der Waals surface area contributed by atoms with Crippen molar-refractivity contribution in [3.8, 4) is 11.5 Å². The molecule has 0 unspecified atom stereocenters. The van der Waals surface area contributed by atoms with Crippen LogP contribution in [0.1, 0.15) is 29.8 Å². The molecule has 1 aromatic carbocycles. The van der Waals surface area contributed by atoms with Crippen molar-refractivity contribution in [2.75, 3.05) is 44.3 Å². The molecule has 1 aliphatic heterocycles. The number of rotatable bonds is 6. The molecule has 0 saturated carbocycles. The summed E-state index contributed by atoms with van der Waals surface area (Å²) in [4.78, 5) is 20.4. The van der Waals surface area contributed by atoms with Gasteiger partial charge in [0.15, 0.2) is 11.5 Å². The quantitative estimate of drug-likeness (QED) is 0.706. The molecule has 1 fully saturated rings. The maximum absolute atomic E-state index is 12.9. The summed E-state index contributed by atoms with van der Waals surface area (Å²) in [6, 6.07) is 7.50. The van der Waals surface area contributed by atoms with E-state index in [2.05, 4.69) is 4.98 Å². The third kappa shape index (κ3) is 4.95. The van der Waals surface area contributed by atoms with Gasteiger partial charge < -0.3 is 19.3 Å². The molecule has 2 aromatic rings. The lowest BCUT2D eigenvalue weighted by Gasteiger charge is -2.35. The number of piperazine rings is 1. The normalized spacial score (nSPS) is 14.6. The number of anilines is 1. The van der Waals surface area contributed by atoms with Crippen molar-refractivity contribution in [1.29, 1.82) is 0 Å². The summed E-state index contributed by atoms with van der Waals surface area (Å²) in [7, 11) is 0. The Bertz CT molecular complexity index is 864. The molecule has 3 rings (SSSR count). The number of carbonyl (C=O) groups excluding carboxylic acids is 1. The number of halogens is 3. The van der Waals surface area contributed by atoms with E-state index in [-0.39, 0.29) is 5.91 Å². The summed E-state index contributed by atoms with van der Waals surface area (Å²) in [5, 5.41) is 0. The van der Waals surface area contributed by atoms with Gasteiger partial charge in [-0.3, -0.25) is 4.79 Å². The van der Waals surface area contributed by atoms with Crippen LogP contribution in [0.5, 0.6) is 11.5 Å². The Morgan fingerprint density at radius 2 is 1.67 bits per heavy atom. The van der Waals surface area contributed by atoms with Crippen LogP contribution in [-0.4, -0.2) is 55.2 Å². The Morgan fingerprint density at radius 1 is 1.00 bits per heavy atom. The highest BCUT2D eigenvalue weighted by molar-refractivity contribution is 5.95. The fourth-order valence-corrected chi connectivity index (χ4v) is 3.25. The maximum atomic E-state index is 12.9. The van der Waals surface area contributed by atoms with E-state index < -0.39 is 11.7 Å². The molecule has 9 heteroatoms. The second-order valence-corrected chi connectivity index (χ2v) is 6.71. The molecule has 1 aromatic heterocycles. The van der Waals surface area contributed by atoms with Gasteiger partial charge in [0, 0.05) is 37.9 Å². The molecule has 0 bridgehead atoms. The second-order valence-electron chi connectivity index (χ2n) is 6.71. The van der Waals surface area contributed by atoms with Crippen LogP contribution < -0.4 is 14.4 Å². The van der Waals surface area contributed by atoms with Crippen LogP contribution in [0, 0.1) is 0 Å². The monoisotopic (exact) mass is 423 g/mol. The highest BCUT2D eigenvalue weighted by atomic mass is 19.4. The SMILES string of the molecule is CCOc1ccc(C(=O)N2CCN(c3ccc(C(F)(F)F)cn3)CC2)cc1OCC. The van der Waals surface area contributed by atoms with E-state index in [0.717, 1.165) is 12.3 Å². The minimum absolute atomic E-state index is 0.126. The minimum Gasteiger partial charge on any atom is -0.490 e. The lowest BCUT2D eigenvalue weighted by atomic mass is 10.1. The predicted molar refractivity (Wildman–Crippen MR) is 106 cm³/mol. The molecule has 0 N–H and O–H groups in total. The molecular weight excluding hydrogens is 399 g/mol. The number of pyridine rings is 1. The molecule has 1 saturated heterocycles. The number of alkyl halides is 3. The molecule has 1 aliphatic rings. The van der Waals surface area contributed by atoms with E-state index in [9.17, 15) is 18.0 Å². The van der Waals surface area contributed by atoms with E-state index in [1.165, 1.54) is 6.07 Å². The summed E-state index contributed by atoms with van der Waals surface area (Å²) in [5.41, 5.74) is -0.274. The van der Waals surface area contributed by atoms with Crippen LogP contribution in [0.2, 0.25) is 0 Å². The number of amides is 1. The lowest BCUT2D eigenvalue weighted by Crippen LogP contribution is -2.49. The van der Waals surface area contributed by atoms with Gasteiger partial charge in [0.1, 0.15) is 5.82 Å². The van der Waals surface area contributed by atoms with Gasteiger partial charge in [-0.25, -0.2) is 4.98 Å². The van der Waals surface area contributed by atoms with Gasteiger partial charge in [0.05, 0.1) is 18.8 Å². The fourth-order valence-electron chi connectivity index (χ4n) is 3.25. The summed E-state index contributed by atoms with van der Waals surface area (Å²) < 4.78 is 49.2. The van der Waals surface area contributed by atoms with Gasteiger partial charge in [-0.05, 0) is 44.2 Å². The van der Waals surface area contributed by atoms with Crippen LogP contribution in [0.15, 0.2) is 36.5 Å². The second kappa shape index (κ2) is 9.23. The van der Waals surface area contributed by atoms with Gasteiger partial charge in [-0.15, -0.1) is 0 Å². The van der Waals surface area contributed by atoms with Crippen LogP contribution in [0.4, 0.5) is 19.0 Å². The van der Waals surface area contributed by atoms with E-state index in [1.54, 1.807) is 23.1 Å². The molecule has 162 valence electrons. The average Bonchev–Trinajstić information content (AvgIpc) is 2.74. The number of ether oxygens (including phenoxy) is 2. The molecule has 0 radical (unpaired) electrons. The molecule has 6 nitrogen and oxygen atoms in total. The molecular formula is C21H24F3N3O3. The molecule has 0 spiro atoms. The first kappa shape index (κ1) is 21.7. The first-order chi connectivity index (χ1) is 14.3. The van der Waals surface area contributed by atoms with Crippen LogP contribution in [-0.2, 0) is 6.18 Å². The Morgan fingerprint density at radius 3 is 2.23 bits per heavy atom. The Hall–Kier alpha value is -2.97. The van der Waals surface area contributed by atoms with E-state index >= 15 is 0 Å². The zero-order chi connectivity index (χ0) is 21.7. The van der Waals surface area contributed by atoms with Gasteiger partial charge in [-0.2, -0.15) is 13.2 Å². The van der Waals surface area contributed by atoms with Crippen molar-refractivity contribution in [2.45, 2.75) is 20.0 Å². The summed E-state index contributed by atoms with van der Waals surface area (Å²) in [5.74, 6) is 1.46. The van der Waals surface area contributed by atoms with Crippen molar-refractivity contribution in [3.63, 3.8) is 0 Å². The van der Waals surface area contributed by atoms with Crippen molar-refractivity contribution in [2.24, 2.45) is 0 Å². The minimum atomic E-state index is -4.41. The third-order valence-corrected chi connectivity index (χ3v) is 4.76. The van der Waals surface area contributed by atoms with Crippen molar-refractivity contribution >= 4 is 11.7 Å². The number of hydrogen-bond acceptors (Lipinski definition) is 5. The maximum Gasteiger partial charge on any atom is 0.417 e. The summed E-state index contributed by atoms with van der Waals surface area (Å²) >= 11 is 0. The van der Waals surface area contributed by atoms with Crippen LogP contribution >= 0.6 is 0 Å². The average molecular weight is 423 g/mol. The number of benzene rings is 1. The highest BCUT2D eigenvalue weighted by Crippen LogP contribution is 2.30. The zero-order valence-electron chi connectivity index (χ0n) is 16.9. The topological polar surface area (TPSA) is 54.9 Å². The van der Waals surface area contributed by atoms with Crippen molar-refractivity contribution < 1.29 is 27.4 Å². The number of aromatic nitrogens is 1. The van der Waals surface area contributed by atoms with Crippen LogP contribution in [0.3, 0.4) is 0 Å². The van der Waals surface area contributed by atoms with E-state index in [1.807, 2.05) is 18.7 Å². The highest BCUT2D eigenvalue weighted by Gasteiger charge is 2.31. The Balaban J connectivity index is 1.64. The van der Waals surface area contributed by atoms with Gasteiger partial charge in [-0.1, -0.05) is 0 Å². The van der Waals surface area contributed by atoms with Gasteiger partial charge in [0.2, 0.25) is 0 Å². The third-order valence-electron chi connectivity index (χ3n) is 4.76. The molecule has 0 aliphatic carbocycles. The molecule has 1 amide bonds. The lowest BCUT2D eigenvalue weighted by molar-refractivity contribution is -0.137. The van der Waals surface area contributed by atoms with E-state index in [4.69, 9.17) is 9.47 Å². The standard InChI is InChI=1S/C21H24F3N3O3/c1-3-29-17-7-5-15(13-18(17)30-4-2)20(28)27-11-9-26(10-12-27)19-8-6-16(14-25-19)21(22,23)24/h5-8,13-14H,3-4,9-12H2,1-2H3. The van der Waals surface area contributed by atoms with Crippen LogP contribution in [0.25, 0.3) is 0 Å². The fraction of sp³-hybridized carbons (Fsp3) is 0.429. The largest absolute Gasteiger partial charge is 0.490 e. The van der Waals surface area contributed by atoms with Crippen molar-refractivity contribution in [1.82, 2.24) is 9.88 Å². The smallest absolute Gasteiger partial charge is 0.417 e. The number of nitrogens with zero attached hydrogens (tertiary/aromatic N) is 3. The first-order valence-electron chi connectivity index (χ1n) is 9.80. The summed E-state index contributed by atoms with van der Waals surface area (Å²) in [6.45, 7) is 6.54. The zero-order valence-corrected chi connectivity index (χ0v) is 16.9. The Labute approximate surface area is 173 Å². The molecule has 0 atom stereocenters. The van der Waals surface area contributed by atoms with Gasteiger partial charge in [0.25, 0.3) is 5.91 Å². The van der Waals surface area contributed by atoms with Gasteiger partial charge >= 0.3 is 6.18 Å². The molecule has 30 heavy (non-hydrogen) atoms. The molecule has 2 heterocycles. The summed E-state index contributed by atoms with van der Waals surface area (Å²) in [6.07, 6.45) is -3.57. The Kier molecular flexibility index (Phi) is 6.69. The predicted octanol–water partition coefficient (Wildman–Crippen LogP) is 3.86. The number of carbonyl (C=O) groups is 1. The van der Waals surface area contributed by atoms with Crippen molar-refractivity contribution in [3.05, 3.63) is 47.7 Å².